The lowest BCUT2D eigenvalue weighted by molar-refractivity contribution is 0.0694. The zero-order valence-electron chi connectivity index (χ0n) is 12.0. The highest BCUT2D eigenvalue weighted by molar-refractivity contribution is 5.98. The van der Waals surface area contributed by atoms with Crippen molar-refractivity contribution in [3.05, 3.63) is 63.1 Å². The van der Waals surface area contributed by atoms with Crippen LogP contribution in [-0.2, 0) is 0 Å². The van der Waals surface area contributed by atoms with Crippen LogP contribution in [0.4, 0.5) is 0 Å². The highest BCUT2D eigenvalue weighted by atomic mass is 16.4. The molecule has 1 aromatic heterocycles. The number of Topliss-reactive ketones (excluding diaryl/α,β-unsaturated/α-hetero) is 1. The summed E-state index contributed by atoms with van der Waals surface area (Å²) >= 11 is 0. The summed E-state index contributed by atoms with van der Waals surface area (Å²) in [7, 11) is 0. The summed E-state index contributed by atoms with van der Waals surface area (Å²) in [6.45, 7) is 4.88. The molecular weight excluding hydrogens is 270 g/mol. The molecule has 0 atom stereocenters. The Labute approximate surface area is 121 Å². The molecule has 2 aromatic rings. The summed E-state index contributed by atoms with van der Waals surface area (Å²) in [6, 6.07) is 8.23. The van der Waals surface area contributed by atoms with Gasteiger partial charge in [-0.25, -0.2) is 4.79 Å². The van der Waals surface area contributed by atoms with E-state index >= 15 is 0 Å². The number of rotatable bonds is 3. The molecular formula is C16H15NO4. The second kappa shape index (κ2) is 5.36. The van der Waals surface area contributed by atoms with Crippen molar-refractivity contribution in [2.24, 2.45) is 0 Å². The number of carbonyl (C=O) groups is 2. The summed E-state index contributed by atoms with van der Waals surface area (Å²) in [5.41, 5.74) is 1.16. The van der Waals surface area contributed by atoms with Gasteiger partial charge in [0.25, 0.3) is 5.56 Å². The maximum Gasteiger partial charge on any atom is 0.341 e. The Morgan fingerprint density at radius 1 is 1.05 bits per heavy atom. The maximum atomic E-state index is 12.4. The van der Waals surface area contributed by atoms with E-state index in [4.69, 9.17) is 5.11 Å². The van der Waals surface area contributed by atoms with E-state index in [0.29, 0.717) is 11.4 Å². The molecule has 108 valence electrons. The minimum absolute atomic E-state index is 0.229. The zero-order valence-corrected chi connectivity index (χ0v) is 12.0. The molecule has 0 bridgehead atoms. The average molecular weight is 285 g/mol. The van der Waals surface area contributed by atoms with E-state index in [-0.39, 0.29) is 11.3 Å². The SMILES string of the molecule is CC(=O)c1cc(C(=O)O)c(=O)n(-c2ccc(C)cc2)c1C. The fourth-order valence-electron chi connectivity index (χ4n) is 2.22. The summed E-state index contributed by atoms with van der Waals surface area (Å²) in [6.07, 6.45) is 0. The lowest BCUT2D eigenvalue weighted by Gasteiger charge is -2.14. The number of pyridine rings is 1. The second-order valence-corrected chi connectivity index (χ2v) is 4.89. The zero-order chi connectivity index (χ0) is 15.7. The lowest BCUT2D eigenvalue weighted by Crippen LogP contribution is -2.28. The summed E-state index contributed by atoms with van der Waals surface area (Å²) in [5.74, 6) is -1.63. The Bertz CT molecular complexity index is 785. The van der Waals surface area contributed by atoms with E-state index in [0.717, 1.165) is 11.6 Å². The number of carbonyl (C=O) groups excluding carboxylic acids is 1. The molecule has 1 heterocycles. The van der Waals surface area contributed by atoms with E-state index in [1.54, 1.807) is 19.1 Å². The van der Waals surface area contributed by atoms with Gasteiger partial charge in [-0.1, -0.05) is 17.7 Å². The normalized spacial score (nSPS) is 10.4. The fraction of sp³-hybridized carbons (Fsp3) is 0.188. The molecule has 1 aromatic carbocycles. The maximum absolute atomic E-state index is 12.4. The van der Waals surface area contributed by atoms with Crippen LogP contribution in [0.2, 0.25) is 0 Å². The van der Waals surface area contributed by atoms with Crippen molar-refractivity contribution < 1.29 is 14.7 Å². The van der Waals surface area contributed by atoms with Crippen LogP contribution < -0.4 is 5.56 Å². The van der Waals surface area contributed by atoms with Gasteiger partial charge in [-0.15, -0.1) is 0 Å². The van der Waals surface area contributed by atoms with Gasteiger partial charge in [0, 0.05) is 16.9 Å². The van der Waals surface area contributed by atoms with Gasteiger partial charge < -0.3 is 5.11 Å². The number of nitrogens with zero attached hydrogens (tertiary/aromatic N) is 1. The quantitative estimate of drug-likeness (QED) is 0.878. The Kier molecular flexibility index (Phi) is 3.76. The largest absolute Gasteiger partial charge is 0.477 e. The molecule has 0 aliphatic heterocycles. The van der Waals surface area contributed by atoms with Crippen molar-refractivity contribution >= 4 is 11.8 Å². The second-order valence-electron chi connectivity index (χ2n) is 4.89. The Balaban J connectivity index is 2.86. The van der Waals surface area contributed by atoms with Crippen LogP contribution in [0.3, 0.4) is 0 Å². The van der Waals surface area contributed by atoms with Crippen molar-refractivity contribution in [3.8, 4) is 5.69 Å². The minimum Gasteiger partial charge on any atom is -0.477 e. The molecule has 1 N–H and O–H groups in total. The van der Waals surface area contributed by atoms with Gasteiger partial charge >= 0.3 is 5.97 Å². The third kappa shape index (κ3) is 2.63. The monoisotopic (exact) mass is 285 g/mol. The van der Waals surface area contributed by atoms with E-state index in [1.165, 1.54) is 11.5 Å². The van der Waals surface area contributed by atoms with Gasteiger partial charge in [-0.05, 0) is 39.0 Å². The van der Waals surface area contributed by atoms with Gasteiger partial charge in [0.2, 0.25) is 0 Å². The van der Waals surface area contributed by atoms with Gasteiger partial charge in [0.15, 0.2) is 5.78 Å². The molecule has 0 spiro atoms. The number of aryl methyl sites for hydroxylation is 1. The fourth-order valence-corrected chi connectivity index (χ4v) is 2.22. The molecule has 0 radical (unpaired) electrons. The molecule has 21 heavy (non-hydrogen) atoms. The predicted molar refractivity (Wildman–Crippen MR) is 78.5 cm³/mol. The molecule has 0 unspecified atom stereocenters. The van der Waals surface area contributed by atoms with Gasteiger partial charge in [-0.3, -0.25) is 14.2 Å². The first-order valence-corrected chi connectivity index (χ1v) is 6.41. The first-order chi connectivity index (χ1) is 9.82. The highest BCUT2D eigenvalue weighted by Gasteiger charge is 2.19. The summed E-state index contributed by atoms with van der Waals surface area (Å²) in [4.78, 5) is 35.3. The van der Waals surface area contributed by atoms with Crippen molar-refractivity contribution in [3.63, 3.8) is 0 Å². The molecule has 5 heteroatoms. The van der Waals surface area contributed by atoms with Gasteiger partial charge in [0.1, 0.15) is 5.56 Å². The smallest absolute Gasteiger partial charge is 0.341 e. The number of hydrogen-bond acceptors (Lipinski definition) is 3. The van der Waals surface area contributed by atoms with Crippen molar-refractivity contribution in [2.75, 3.05) is 0 Å². The van der Waals surface area contributed by atoms with Gasteiger partial charge in [-0.2, -0.15) is 0 Å². The third-order valence-electron chi connectivity index (χ3n) is 3.35. The van der Waals surface area contributed by atoms with Crippen molar-refractivity contribution in [1.82, 2.24) is 4.57 Å². The average Bonchev–Trinajstić information content (AvgIpc) is 2.40. The highest BCUT2D eigenvalue weighted by Crippen LogP contribution is 2.15. The van der Waals surface area contributed by atoms with Crippen LogP contribution >= 0.6 is 0 Å². The Morgan fingerprint density at radius 2 is 1.62 bits per heavy atom. The molecule has 0 saturated heterocycles. The first kappa shape index (κ1) is 14.7. The standard InChI is InChI=1S/C16H15NO4/c1-9-4-6-12(7-5-9)17-10(2)13(11(3)18)8-14(15(17)19)16(20)21/h4-8H,1-3H3,(H,20,21). The summed E-state index contributed by atoms with van der Waals surface area (Å²) in [5, 5.41) is 9.15. The van der Waals surface area contributed by atoms with Crippen LogP contribution in [0.5, 0.6) is 0 Å². The van der Waals surface area contributed by atoms with E-state index < -0.39 is 17.1 Å². The Hall–Kier alpha value is -2.69. The van der Waals surface area contributed by atoms with Crippen molar-refractivity contribution in [2.45, 2.75) is 20.8 Å². The third-order valence-corrected chi connectivity index (χ3v) is 3.35. The number of aromatic carboxylic acids is 1. The minimum atomic E-state index is -1.34. The van der Waals surface area contributed by atoms with Crippen LogP contribution in [0, 0.1) is 13.8 Å². The Morgan fingerprint density at radius 3 is 2.10 bits per heavy atom. The number of carboxylic acids is 1. The van der Waals surface area contributed by atoms with Crippen molar-refractivity contribution in [1.29, 1.82) is 0 Å². The molecule has 0 amide bonds. The van der Waals surface area contributed by atoms with Crippen LogP contribution in [-0.4, -0.2) is 21.4 Å². The van der Waals surface area contributed by atoms with Crippen LogP contribution in [0.25, 0.3) is 5.69 Å². The van der Waals surface area contributed by atoms with Gasteiger partial charge in [0.05, 0.1) is 0 Å². The van der Waals surface area contributed by atoms with E-state index in [9.17, 15) is 14.4 Å². The molecule has 2 rings (SSSR count). The topological polar surface area (TPSA) is 76.4 Å². The molecule has 0 fully saturated rings. The molecule has 0 saturated carbocycles. The number of hydrogen-bond donors (Lipinski definition) is 1. The summed E-state index contributed by atoms with van der Waals surface area (Å²) < 4.78 is 1.26. The van der Waals surface area contributed by atoms with Crippen LogP contribution in [0.1, 0.15) is 38.9 Å². The lowest BCUT2D eigenvalue weighted by atomic mass is 10.1. The molecule has 5 nitrogen and oxygen atoms in total. The molecule has 0 aliphatic rings. The van der Waals surface area contributed by atoms with E-state index in [1.807, 2.05) is 19.1 Å². The molecule has 0 aliphatic carbocycles. The number of carboxylic acid groups (broad SMARTS) is 1. The predicted octanol–water partition coefficient (Wildman–Crippen LogP) is 2.36. The first-order valence-electron chi connectivity index (χ1n) is 6.41. The van der Waals surface area contributed by atoms with Crippen LogP contribution in [0.15, 0.2) is 35.1 Å². The number of aromatic nitrogens is 1. The van der Waals surface area contributed by atoms with E-state index in [2.05, 4.69) is 0 Å². The number of benzene rings is 1. The number of ketones is 1.